The number of carbonyl (C=O) groups excluding carboxylic acids is 1. The van der Waals surface area contributed by atoms with E-state index in [1.807, 2.05) is 46.0 Å². The zero-order chi connectivity index (χ0) is 19.3. The first-order valence-corrected chi connectivity index (χ1v) is 9.42. The van der Waals surface area contributed by atoms with E-state index in [0.717, 1.165) is 17.1 Å². The maximum Gasteiger partial charge on any atom is 0.246 e. The number of carbonyl (C=O) groups is 1. The number of ether oxygens (including phenoxy) is 2. The SMILES string of the molecule is O=C(/C=C/C=C/c1ccc2c(c1)OCO2)N1CCN(C(=S)n2ccnc2)CC1. The van der Waals surface area contributed by atoms with Crippen LogP contribution in [0.25, 0.3) is 6.08 Å². The fraction of sp³-hybridized carbons (Fsp3) is 0.250. The van der Waals surface area contributed by atoms with Crippen LogP contribution in [0.3, 0.4) is 0 Å². The van der Waals surface area contributed by atoms with Gasteiger partial charge in [0.15, 0.2) is 16.6 Å². The Morgan fingerprint density at radius 3 is 2.64 bits per heavy atom. The molecule has 1 fully saturated rings. The molecule has 1 aromatic carbocycles. The van der Waals surface area contributed by atoms with Crippen molar-refractivity contribution in [3.8, 4) is 11.5 Å². The van der Waals surface area contributed by atoms with Crippen LogP contribution >= 0.6 is 12.2 Å². The normalized spacial score (nSPS) is 16.3. The number of thiocarbonyl (C=S) groups is 1. The van der Waals surface area contributed by atoms with Gasteiger partial charge in [-0.25, -0.2) is 4.98 Å². The number of benzene rings is 1. The summed E-state index contributed by atoms with van der Waals surface area (Å²) in [6.07, 6.45) is 12.3. The van der Waals surface area contributed by atoms with Crippen LogP contribution in [-0.2, 0) is 4.79 Å². The summed E-state index contributed by atoms with van der Waals surface area (Å²) in [5.74, 6) is 1.51. The van der Waals surface area contributed by atoms with Gasteiger partial charge in [-0.3, -0.25) is 9.36 Å². The van der Waals surface area contributed by atoms with E-state index < -0.39 is 0 Å². The van der Waals surface area contributed by atoms with Gasteiger partial charge in [0.1, 0.15) is 6.33 Å². The Hall–Kier alpha value is -3.13. The van der Waals surface area contributed by atoms with E-state index in [1.54, 1.807) is 24.7 Å². The van der Waals surface area contributed by atoms with E-state index in [2.05, 4.69) is 9.88 Å². The van der Waals surface area contributed by atoms with E-state index >= 15 is 0 Å². The summed E-state index contributed by atoms with van der Waals surface area (Å²) in [6, 6.07) is 5.74. The minimum absolute atomic E-state index is 0.00327. The maximum absolute atomic E-state index is 12.4. The molecule has 1 saturated heterocycles. The van der Waals surface area contributed by atoms with E-state index in [4.69, 9.17) is 21.7 Å². The predicted octanol–water partition coefficient (Wildman–Crippen LogP) is 2.16. The van der Waals surface area contributed by atoms with Crippen LogP contribution in [0.5, 0.6) is 11.5 Å². The smallest absolute Gasteiger partial charge is 0.246 e. The second-order valence-electron chi connectivity index (χ2n) is 6.40. The van der Waals surface area contributed by atoms with Crippen molar-refractivity contribution in [1.29, 1.82) is 0 Å². The number of hydrogen-bond acceptors (Lipinski definition) is 5. The molecule has 2 aromatic rings. The van der Waals surface area contributed by atoms with Crippen molar-refractivity contribution in [2.45, 2.75) is 0 Å². The van der Waals surface area contributed by atoms with Gasteiger partial charge in [-0.2, -0.15) is 0 Å². The lowest BCUT2D eigenvalue weighted by atomic mass is 10.2. The molecular formula is C20H20N4O3S. The fourth-order valence-electron chi connectivity index (χ4n) is 3.08. The molecule has 28 heavy (non-hydrogen) atoms. The molecule has 7 nitrogen and oxygen atoms in total. The van der Waals surface area contributed by atoms with Gasteiger partial charge in [-0.15, -0.1) is 0 Å². The third-order valence-electron chi connectivity index (χ3n) is 4.62. The number of allylic oxidation sites excluding steroid dienone is 2. The maximum atomic E-state index is 12.4. The van der Waals surface area contributed by atoms with Crippen molar-refractivity contribution in [3.05, 3.63) is 60.7 Å². The van der Waals surface area contributed by atoms with Crippen molar-refractivity contribution in [1.82, 2.24) is 19.4 Å². The first kappa shape index (κ1) is 18.2. The Morgan fingerprint density at radius 1 is 1.07 bits per heavy atom. The number of piperazine rings is 1. The Bertz CT molecular complexity index is 916. The molecule has 4 rings (SSSR count). The molecule has 8 heteroatoms. The van der Waals surface area contributed by atoms with Crippen molar-refractivity contribution in [2.75, 3.05) is 33.0 Å². The van der Waals surface area contributed by atoms with E-state index in [9.17, 15) is 4.79 Å². The van der Waals surface area contributed by atoms with Crippen LogP contribution in [0.15, 0.2) is 55.1 Å². The molecule has 0 aliphatic carbocycles. The quantitative estimate of drug-likeness (QED) is 0.450. The zero-order valence-corrected chi connectivity index (χ0v) is 16.0. The number of hydrogen-bond donors (Lipinski definition) is 0. The van der Waals surface area contributed by atoms with Crippen LogP contribution in [-0.4, -0.2) is 63.3 Å². The van der Waals surface area contributed by atoms with Gasteiger partial charge in [0.05, 0.1) is 0 Å². The monoisotopic (exact) mass is 396 g/mol. The summed E-state index contributed by atoms with van der Waals surface area (Å²) >= 11 is 5.47. The number of nitrogens with zero attached hydrogens (tertiary/aromatic N) is 4. The molecule has 2 aliphatic rings. The number of fused-ring (bicyclic) bond motifs is 1. The standard InChI is InChI=1S/C20H20N4O3S/c25-19(4-2-1-3-16-5-6-17-18(13-16)27-15-26-17)22-9-11-23(12-10-22)20(28)24-8-7-21-14-24/h1-8,13-14H,9-12,15H2/b3-1+,4-2+. The highest BCUT2D eigenvalue weighted by atomic mass is 32.1. The summed E-state index contributed by atoms with van der Waals surface area (Å²) in [5, 5.41) is 0.715. The van der Waals surface area contributed by atoms with Gasteiger partial charge in [-0.1, -0.05) is 24.3 Å². The van der Waals surface area contributed by atoms with E-state index in [0.29, 0.717) is 31.3 Å². The van der Waals surface area contributed by atoms with Gasteiger partial charge in [0, 0.05) is 44.6 Å². The van der Waals surface area contributed by atoms with Crippen LogP contribution < -0.4 is 9.47 Å². The molecule has 3 heterocycles. The fourth-order valence-corrected chi connectivity index (χ4v) is 3.37. The largest absolute Gasteiger partial charge is 0.454 e. The van der Waals surface area contributed by atoms with Gasteiger partial charge in [0.25, 0.3) is 0 Å². The lowest BCUT2D eigenvalue weighted by Gasteiger charge is -2.35. The summed E-state index contributed by atoms with van der Waals surface area (Å²) in [7, 11) is 0. The van der Waals surface area contributed by atoms with Crippen molar-refractivity contribution in [3.63, 3.8) is 0 Å². The molecule has 2 aliphatic heterocycles. The second-order valence-corrected chi connectivity index (χ2v) is 6.76. The Balaban J connectivity index is 1.27. The lowest BCUT2D eigenvalue weighted by molar-refractivity contribution is -0.127. The highest BCUT2D eigenvalue weighted by Gasteiger charge is 2.21. The average Bonchev–Trinajstić information content (AvgIpc) is 3.42. The van der Waals surface area contributed by atoms with Crippen LogP contribution in [0.1, 0.15) is 5.56 Å². The summed E-state index contributed by atoms with van der Waals surface area (Å²) in [4.78, 5) is 20.3. The van der Waals surface area contributed by atoms with E-state index in [1.165, 1.54) is 0 Å². The minimum Gasteiger partial charge on any atom is -0.454 e. The number of amides is 1. The van der Waals surface area contributed by atoms with Crippen molar-refractivity contribution >= 4 is 29.3 Å². The molecule has 1 aromatic heterocycles. The molecule has 0 saturated carbocycles. The van der Waals surface area contributed by atoms with Crippen LogP contribution in [0.4, 0.5) is 0 Å². The summed E-state index contributed by atoms with van der Waals surface area (Å²) in [6.45, 7) is 2.97. The zero-order valence-electron chi connectivity index (χ0n) is 15.2. The molecule has 0 N–H and O–H groups in total. The van der Waals surface area contributed by atoms with Crippen LogP contribution in [0, 0.1) is 0 Å². The summed E-state index contributed by atoms with van der Waals surface area (Å²) in [5.41, 5.74) is 0.989. The molecule has 0 atom stereocenters. The summed E-state index contributed by atoms with van der Waals surface area (Å²) < 4.78 is 12.5. The third-order valence-corrected chi connectivity index (χ3v) is 5.09. The first-order valence-electron chi connectivity index (χ1n) is 9.01. The predicted molar refractivity (Wildman–Crippen MR) is 109 cm³/mol. The van der Waals surface area contributed by atoms with Gasteiger partial charge in [0.2, 0.25) is 12.7 Å². The molecule has 0 spiro atoms. The lowest BCUT2D eigenvalue weighted by Crippen LogP contribution is -2.51. The van der Waals surface area contributed by atoms with E-state index in [-0.39, 0.29) is 12.7 Å². The Labute approximate surface area is 168 Å². The molecule has 1 amide bonds. The third kappa shape index (κ3) is 4.07. The molecule has 0 unspecified atom stereocenters. The second kappa shape index (κ2) is 8.26. The molecule has 144 valence electrons. The Kier molecular flexibility index (Phi) is 5.38. The van der Waals surface area contributed by atoms with Gasteiger partial charge >= 0.3 is 0 Å². The number of rotatable bonds is 3. The molecule has 0 radical (unpaired) electrons. The van der Waals surface area contributed by atoms with Crippen molar-refractivity contribution in [2.24, 2.45) is 0 Å². The average molecular weight is 396 g/mol. The highest BCUT2D eigenvalue weighted by Crippen LogP contribution is 2.32. The van der Waals surface area contributed by atoms with Gasteiger partial charge in [-0.05, 0) is 29.9 Å². The number of imidazole rings is 1. The molecular weight excluding hydrogens is 376 g/mol. The Morgan fingerprint density at radius 2 is 1.86 bits per heavy atom. The molecule has 0 bridgehead atoms. The number of aromatic nitrogens is 2. The van der Waals surface area contributed by atoms with Crippen molar-refractivity contribution < 1.29 is 14.3 Å². The highest BCUT2D eigenvalue weighted by molar-refractivity contribution is 7.80. The minimum atomic E-state index is 0.00327. The van der Waals surface area contributed by atoms with Crippen LogP contribution in [0.2, 0.25) is 0 Å². The van der Waals surface area contributed by atoms with Gasteiger partial charge < -0.3 is 19.3 Å². The topological polar surface area (TPSA) is 59.8 Å². The first-order chi connectivity index (χ1) is 13.7.